The Labute approximate surface area is 430 Å². The van der Waals surface area contributed by atoms with Gasteiger partial charge in [-0.2, -0.15) is 0 Å². The molecule has 0 saturated carbocycles. The summed E-state index contributed by atoms with van der Waals surface area (Å²) < 4.78 is 38.1. The Morgan fingerprint density at radius 3 is 0.732 bits per heavy atom. The van der Waals surface area contributed by atoms with Gasteiger partial charge in [-0.1, -0.05) is 175 Å². The summed E-state index contributed by atoms with van der Waals surface area (Å²) in [5, 5.41) is 0. The van der Waals surface area contributed by atoms with Gasteiger partial charge in [-0.05, 0) is 57.8 Å². The topological polar surface area (TPSA) is 184 Å². The summed E-state index contributed by atoms with van der Waals surface area (Å²) in [5.41, 5.74) is -1.35. The quantitative estimate of drug-likeness (QED) is 0.0243. The first-order chi connectivity index (χ1) is 34.6. The minimum atomic E-state index is -1.35. The smallest absolute Gasteiger partial charge is 0.305 e. The first kappa shape index (κ1) is 67.3. The van der Waals surface area contributed by atoms with Gasteiger partial charge in [0.2, 0.25) is 0 Å². The Kier molecular flexibility index (Phi) is 48.5. The standard InChI is InChI=1S/C57H102O14/c1-4-7-10-13-16-25-34-43-66-51(59)37-28-19-22-31-40-54(62)69-47-57(46-65-50-58,48-70-55(63)41-32-23-20-29-38-52(60)67-44-35-26-17-14-11-8-5-2)49-71-56(64)42-33-24-21-30-39-53(61)68-45-36-27-18-15-12-9-6-3/h50H,4-49H2,1-3H3. The van der Waals surface area contributed by atoms with E-state index in [0.717, 1.165) is 57.8 Å². The molecule has 14 nitrogen and oxygen atoms in total. The fourth-order valence-corrected chi connectivity index (χ4v) is 8.01. The number of carbonyl (C=O) groups is 7. The molecule has 14 heteroatoms. The van der Waals surface area contributed by atoms with Gasteiger partial charge in [0.15, 0.2) is 0 Å². The molecule has 0 amide bonds. The lowest BCUT2D eigenvalue weighted by molar-refractivity contribution is -0.168. The van der Waals surface area contributed by atoms with Crippen LogP contribution in [0.15, 0.2) is 0 Å². The molecule has 0 saturated heterocycles. The van der Waals surface area contributed by atoms with E-state index >= 15 is 0 Å². The van der Waals surface area contributed by atoms with E-state index in [9.17, 15) is 33.6 Å². The molecule has 0 rings (SSSR count). The van der Waals surface area contributed by atoms with Crippen molar-refractivity contribution in [2.75, 3.05) is 46.2 Å². The second-order valence-corrected chi connectivity index (χ2v) is 19.7. The fraction of sp³-hybridized carbons (Fsp3) is 0.877. The van der Waals surface area contributed by atoms with Gasteiger partial charge >= 0.3 is 35.8 Å². The largest absolute Gasteiger partial charge is 0.467 e. The zero-order chi connectivity index (χ0) is 52.1. The predicted molar refractivity (Wildman–Crippen MR) is 277 cm³/mol. The highest BCUT2D eigenvalue weighted by Crippen LogP contribution is 2.23. The van der Waals surface area contributed by atoms with Gasteiger partial charge in [0, 0.05) is 38.5 Å². The van der Waals surface area contributed by atoms with E-state index in [1.807, 2.05) is 0 Å². The minimum absolute atomic E-state index is 0.112. The van der Waals surface area contributed by atoms with Crippen molar-refractivity contribution in [1.82, 2.24) is 0 Å². The molecular weight excluding hydrogens is 909 g/mol. The van der Waals surface area contributed by atoms with E-state index in [0.29, 0.717) is 96.9 Å². The maximum atomic E-state index is 12.9. The molecule has 414 valence electrons. The Balaban J connectivity index is 4.92. The van der Waals surface area contributed by atoms with E-state index in [-0.39, 0.29) is 70.1 Å². The molecule has 0 N–H and O–H groups in total. The molecule has 0 aromatic carbocycles. The lowest BCUT2D eigenvalue weighted by Gasteiger charge is -2.31. The van der Waals surface area contributed by atoms with Crippen molar-refractivity contribution >= 4 is 42.3 Å². The van der Waals surface area contributed by atoms with Crippen molar-refractivity contribution in [3.63, 3.8) is 0 Å². The summed E-state index contributed by atoms with van der Waals surface area (Å²) in [6.45, 7) is 6.89. The Bertz CT molecular complexity index is 1170. The molecule has 0 unspecified atom stereocenters. The zero-order valence-electron chi connectivity index (χ0n) is 45.3. The molecule has 0 aliphatic carbocycles. The van der Waals surface area contributed by atoms with Crippen LogP contribution >= 0.6 is 0 Å². The molecule has 0 fully saturated rings. The van der Waals surface area contributed by atoms with Crippen LogP contribution < -0.4 is 0 Å². The van der Waals surface area contributed by atoms with Gasteiger partial charge in [0.1, 0.15) is 31.8 Å². The van der Waals surface area contributed by atoms with Crippen LogP contribution in [0.4, 0.5) is 0 Å². The van der Waals surface area contributed by atoms with Gasteiger partial charge in [-0.15, -0.1) is 0 Å². The van der Waals surface area contributed by atoms with E-state index < -0.39 is 23.3 Å². The average Bonchev–Trinajstić information content (AvgIpc) is 3.36. The molecule has 0 aromatic heterocycles. The molecule has 71 heavy (non-hydrogen) atoms. The number of hydrogen-bond acceptors (Lipinski definition) is 14. The predicted octanol–water partition coefficient (Wildman–Crippen LogP) is 13.7. The summed E-state index contributed by atoms with van der Waals surface area (Å²) in [6, 6.07) is 0. The second-order valence-electron chi connectivity index (χ2n) is 19.7. The lowest BCUT2D eigenvalue weighted by Crippen LogP contribution is -2.43. The molecule has 0 radical (unpaired) electrons. The molecule has 0 bridgehead atoms. The summed E-state index contributed by atoms with van der Waals surface area (Å²) in [5.74, 6) is -2.10. The van der Waals surface area contributed by atoms with Crippen LogP contribution in [0.25, 0.3) is 0 Å². The Morgan fingerprint density at radius 1 is 0.282 bits per heavy atom. The van der Waals surface area contributed by atoms with E-state index in [1.54, 1.807) is 0 Å². The first-order valence-electron chi connectivity index (χ1n) is 28.6. The van der Waals surface area contributed by atoms with Crippen molar-refractivity contribution in [1.29, 1.82) is 0 Å². The number of hydrogen-bond donors (Lipinski definition) is 0. The van der Waals surface area contributed by atoms with Crippen LogP contribution in [0.3, 0.4) is 0 Å². The van der Waals surface area contributed by atoms with Gasteiger partial charge in [0.25, 0.3) is 6.47 Å². The zero-order valence-corrected chi connectivity index (χ0v) is 45.3. The lowest BCUT2D eigenvalue weighted by atomic mass is 9.92. The second kappa shape index (κ2) is 51.2. The molecule has 0 spiro atoms. The van der Waals surface area contributed by atoms with Gasteiger partial charge in [0.05, 0.1) is 19.8 Å². The number of esters is 6. The molecule has 0 heterocycles. The minimum Gasteiger partial charge on any atom is -0.467 e. The highest BCUT2D eigenvalue weighted by molar-refractivity contribution is 5.71. The highest BCUT2D eigenvalue weighted by Gasteiger charge is 2.37. The summed E-state index contributed by atoms with van der Waals surface area (Å²) >= 11 is 0. The average molecular weight is 1010 g/mol. The van der Waals surface area contributed by atoms with Gasteiger partial charge in [-0.25, -0.2) is 0 Å². The molecular formula is C57H102O14. The first-order valence-corrected chi connectivity index (χ1v) is 28.6. The Morgan fingerprint density at radius 2 is 0.493 bits per heavy atom. The molecule has 0 atom stereocenters. The summed E-state index contributed by atoms with van der Waals surface area (Å²) in [7, 11) is 0. The monoisotopic (exact) mass is 1010 g/mol. The third-order valence-electron chi connectivity index (χ3n) is 12.6. The maximum absolute atomic E-state index is 12.9. The highest BCUT2D eigenvalue weighted by atomic mass is 16.6. The number of ether oxygens (including phenoxy) is 7. The SMILES string of the molecule is CCCCCCCCCOC(=O)CCCCCCC(=O)OCC(COC=O)(COC(=O)CCCCCCC(=O)OCCCCCCCCC)COC(=O)CCCCCCC(=O)OCCCCCCCCC. The van der Waals surface area contributed by atoms with Crippen LogP contribution in [0.1, 0.15) is 271 Å². The van der Waals surface area contributed by atoms with Crippen molar-refractivity contribution in [3.8, 4) is 0 Å². The van der Waals surface area contributed by atoms with Crippen LogP contribution in [0.5, 0.6) is 0 Å². The normalized spacial score (nSPS) is 11.2. The van der Waals surface area contributed by atoms with Crippen LogP contribution in [0, 0.1) is 5.41 Å². The van der Waals surface area contributed by atoms with Gasteiger partial charge < -0.3 is 33.2 Å². The molecule has 0 aromatic rings. The fourth-order valence-electron chi connectivity index (χ4n) is 8.01. The summed E-state index contributed by atoms with van der Waals surface area (Å²) in [4.78, 5) is 86.6. The number of carbonyl (C=O) groups excluding carboxylic acids is 7. The number of unbranched alkanes of at least 4 members (excludes halogenated alkanes) is 27. The van der Waals surface area contributed by atoms with Crippen molar-refractivity contribution in [2.45, 2.75) is 271 Å². The van der Waals surface area contributed by atoms with Crippen molar-refractivity contribution < 1.29 is 66.7 Å². The van der Waals surface area contributed by atoms with E-state index in [1.165, 1.54) is 96.3 Å². The maximum Gasteiger partial charge on any atom is 0.305 e. The Hall–Kier alpha value is -3.71. The van der Waals surface area contributed by atoms with Crippen molar-refractivity contribution in [3.05, 3.63) is 0 Å². The third kappa shape index (κ3) is 47.1. The molecule has 0 aliphatic rings. The van der Waals surface area contributed by atoms with E-state index in [2.05, 4.69) is 20.8 Å². The van der Waals surface area contributed by atoms with Crippen LogP contribution in [0.2, 0.25) is 0 Å². The third-order valence-corrected chi connectivity index (χ3v) is 12.6. The van der Waals surface area contributed by atoms with Crippen molar-refractivity contribution in [2.24, 2.45) is 5.41 Å². The van der Waals surface area contributed by atoms with E-state index in [4.69, 9.17) is 33.2 Å². The molecule has 0 aliphatic heterocycles. The van der Waals surface area contributed by atoms with Crippen LogP contribution in [-0.2, 0) is 66.7 Å². The summed E-state index contributed by atoms with van der Waals surface area (Å²) in [6.07, 6.45) is 33.6. The number of rotatable bonds is 54. The van der Waals surface area contributed by atoms with Crippen LogP contribution in [-0.4, -0.2) is 88.5 Å². The van der Waals surface area contributed by atoms with Gasteiger partial charge in [-0.3, -0.25) is 33.6 Å².